The summed E-state index contributed by atoms with van der Waals surface area (Å²) in [5.41, 5.74) is 7.04. The Morgan fingerprint density at radius 3 is 2.75 bits per heavy atom. The Bertz CT molecular complexity index is 1580. The number of carbonyl (C=O) groups is 2. The van der Waals surface area contributed by atoms with Gasteiger partial charge < -0.3 is 25.5 Å². The van der Waals surface area contributed by atoms with Crippen LogP contribution in [0, 0.1) is 0 Å². The van der Waals surface area contributed by atoms with Gasteiger partial charge in [-0.25, -0.2) is 8.96 Å². The Morgan fingerprint density at radius 2 is 2.00 bits per heavy atom. The molecular formula is C25H31N7O6S2. The normalized spacial score (nSPS) is 19.1. The third-order valence-corrected chi connectivity index (χ3v) is 9.93. The lowest BCUT2D eigenvalue weighted by molar-refractivity contribution is -0.144. The van der Waals surface area contributed by atoms with Crippen LogP contribution in [0.5, 0.6) is 0 Å². The van der Waals surface area contributed by atoms with Gasteiger partial charge in [-0.2, -0.15) is 12.7 Å². The molecule has 0 bridgehead atoms. The molecule has 2 aliphatic rings. The summed E-state index contributed by atoms with van der Waals surface area (Å²) in [5, 5.41) is 13.5. The van der Waals surface area contributed by atoms with E-state index in [1.54, 1.807) is 30.0 Å². The Kier molecular flexibility index (Phi) is 7.81. The molecule has 1 fully saturated rings. The molecule has 5 rings (SSSR count). The summed E-state index contributed by atoms with van der Waals surface area (Å²) in [6.45, 7) is 3.53. The quantitative estimate of drug-likeness (QED) is 0.135. The minimum Gasteiger partial charge on any atom is -0.466 e. The molecule has 13 nitrogen and oxygen atoms in total. The number of oxime groups is 1. The number of hydrogen-bond acceptors (Lipinski definition) is 10. The van der Waals surface area contributed by atoms with Crippen molar-refractivity contribution in [3.63, 3.8) is 0 Å². The van der Waals surface area contributed by atoms with Crippen molar-refractivity contribution in [3.8, 4) is 0 Å². The zero-order chi connectivity index (χ0) is 28.6. The van der Waals surface area contributed by atoms with E-state index in [1.165, 1.54) is 28.0 Å². The highest BCUT2D eigenvalue weighted by atomic mass is 32.2. The number of nitrogens with zero attached hydrogens (tertiary/aromatic N) is 6. The first-order valence-corrected chi connectivity index (χ1v) is 15.1. The van der Waals surface area contributed by atoms with Crippen LogP contribution >= 0.6 is 11.3 Å². The average molecular weight is 590 g/mol. The molecule has 4 heterocycles. The van der Waals surface area contributed by atoms with Crippen molar-refractivity contribution in [2.45, 2.75) is 32.4 Å². The summed E-state index contributed by atoms with van der Waals surface area (Å²) in [4.78, 5) is 35.4. The molecule has 15 heteroatoms. The second-order valence-electron chi connectivity index (χ2n) is 9.82. The Balaban J connectivity index is 1.40. The van der Waals surface area contributed by atoms with Gasteiger partial charge in [0, 0.05) is 72.8 Å². The van der Waals surface area contributed by atoms with E-state index in [1.807, 2.05) is 7.05 Å². The minimum absolute atomic E-state index is 0.0467. The number of piperazine rings is 1. The molecule has 1 aromatic carbocycles. The van der Waals surface area contributed by atoms with Gasteiger partial charge in [0.1, 0.15) is 0 Å². The molecule has 2 aromatic heterocycles. The SMILES string of the molecule is CCOC(=O)CC1CN(S(=O)(=O)n2cc3ccc(C(N)=NO)cc3c2)CCN1C(=O)c1nc2c(s1)CN(C)CC2. The van der Waals surface area contributed by atoms with Crippen LogP contribution in [0.4, 0.5) is 0 Å². The van der Waals surface area contributed by atoms with E-state index in [9.17, 15) is 18.0 Å². The van der Waals surface area contributed by atoms with E-state index in [4.69, 9.17) is 15.7 Å². The summed E-state index contributed by atoms with van der Waals surface area (Å²) in [6, 6.07) is 4.21. The van der Waals surface area contributed by atoms with Crippen molar-refractivity contribution in [3.05, 3.63) is 51.7 Å². The summed E-state index contributed by atoms with van der Waals surface area (Å²) >= 11 is 1.35. The molecule has 1 unspecified atom stereocenters. The fraction of sp³-hybridized carbons (Fsp3) is 0.440. The van der Waals surface area contributed by atoms with Gasteiger partial charge in [-0.15, -0.1) is 11.3 Å². The van der Waals surface area contributed by atoms with E-state index in [0.29, 0.717) is 21.3 Å². The topological polar surface area (TPSA) is 164 Å². The predicted octanol–water partition coefficient (Wildman–Crippen LogP) is 1.05. The van der Waals surface area contributed by atoms with Crippen LogP contribution in [0.1, 0.15) is 39.3 Å². The third kappa shape index (κ3) is 5.41. The molecule has 0 aliphatic carbocycles. The largest absolute Gasteiger partial charge is 0.466 e. The number of fused-ring (bicyclic) bond motifs is 2. The highest BCUT2D eigenvalue weighted by Gasteiger charge is 2.39. The van der Waals surface area contributed by atoms with E-state index in [2.05, 4.69) is 15.0 Å². The maximum absolute atomic E-state index is 13.7. The van der Waals surface area contributed by atoms with Gasteiger partial charge in [-0.05, 0) is 20.0 Å². The highest BCUT2D eigenvalue weighted by Crippen LogP contribution is 2.28. The fourth-order valence-electron chi connectivity index (χ4n) is 5.03. The lowest BCUT2D eigenvalue weighted by atomic mass is 10.1. The fourth-order valence-corrected chi connectivity index (χ4v) is 7.60. The average Bonchev–Trinajstić information content (AvgIpc) is 3.56. The predicted molar refractivity (Wildman–Crippen MR) is 149 cm³/mol. The number of likely N-dealkylation sites (N-methyl/N-ethyl adjacent to an activating group) is 1. The van der Waals surface area contributed by atoms with Gasteiger partial charge in [-0.1, -0.05) is 17.3 Å². The lowest BCUT2D eigenvalue weighted by Gasteiger charge is -2.40. The monoisotopic (exact) mass is 589 g/mol. The number of esters is 1. The summed E-state index contributed by atoms with van der Waals surface area (Å²) < 4.78 is 34.8. The number of carbonyl (C=O) groups excluding carboxylic acids is 2. The molecule has 3 N–H and O–H groups in total. The Labute approximate surface area is 235 Å². The molecule has 0 radical (unpaired) electrons. The molecular weight excluding hydrogens is 558 g/mol. The maximum Gasteiger partial charge on any atom is 0.307 e. The van der Waals surface area contributed by atoms with E-state index in [0.717, 1.165) is 34.1 Å². The van der Waals surface area contributed by atoms with Crippen LogP contribution in [0.25, 0.3) is 10.8 Å². The molecule has 1 amide bonds. The van der Waals surface area contributed by atoms with Gasteiger partial charge in [-0.3, -0.25) is 9.59 Å². The van der Waals surface area contributed by atoms with Crippen LogP contribution in [0.15, 0.2) is 35.7 Å². The van der Waals surface area contributed by atoms with Gasteiger partial charge in [0.15, 0.2) is 10.8 Å². The number of rotatable bonds is 7. The van der Waals surface area contributed by atoms with Crippen molar-refractivity contribution in [1.82, 2.24) is 23.1 Å². The highest BCUT2D eigenvalue weighted by molar-refractivity contribution is 7.87. The van der Waals surface area contributed by atoms with Crippen molar-refractivity contribution in [2.75, 3.05) is 39.8 Å². The number of amidine groups is 1. The zero-order valence-corrected chi connectivity index (χ0v) is 23.8. The zero-order valence-electron chi connectivity index (χ0n) is 22.2. The third-order valence-electron chi connectivity index (χ3n) is 7.13. The van der Waals surface area contributed by atoms with Crippen LogP contribution < -0.4 is 5.73 Å². The molecule has 40 heavy (non-hydrogen) atoms. The van der Waals surface area contributed by atoms with Crippen molar-refractivity contribution in [1.29, 1.82) is 0 Å². The number of aromatic nitrogens is 2. The second kappa shape index (κ2) is 11.2. The van der Waals surface area contributed by atoms with Crippen LogP contribution in [-0.2, 0) is 32.7 Å². The number of benzene rings is 1. The van der Waals surface area contributed by atoms with Crippen molar-refractivity contribution in [2.24, 2.45) is 10.9 Å². The molecule has 1 saturated heterocycles. The molecule has 3 aromatic rings. The van der Waals surface area contributed by atoms with E-state index < -0.39 is 22.2 Å². The van der Waals surface area contributed by atoms with Gasteiger partial charge in [0.25, 0.3) is 5.91 Å². The number of amides is 1. The number of thiazole rings is 1. The molecule has 0 saturated carbocycles. The smallest absolute Gasteiger partial charge is 0.307 e. The number of nitrogens with two attached hydrogens (primary N) is 1. The first-order valence-electron chi connectivity index (χ1n) is 12.8. The first-order chi connectivity index (χ1) is 19.1. The first kappa shape index (κ1) is 28.0. The van der Waals surface area contributed by atoms with Gasteiger partial charge in [0.2, 0.25) is 0 Å². The summed E-state index contributed by atoms with van der Waals surface area (Å²) in [5.74, 6) is -0.907. The summed E-state index contributed by atoms with van der Waals surface area (Å²) in [6.07, 6.45) is 3.56. The summed E-state index contributed by atoms with van der Waals surface area (Å²) in [7, 11) is -2.02. The molecule has 214 valence electrons. The lowest BCUT2D eigenvalue weighted by Crippen LogP contribution is -2.57. The van der Waals surface area contributed by atoms with Gasteiger partial charge >= 0.3 is 16.2 Å². The number of ether oxygens (including phenoxy) is 1. The van der Waals surface area contributed by atoms with E-state index in [-0.39, 0.29) is 44.4 Å². The second-order valence-corrected chi connectivity index (χ2v) is 12.7. The molecule has 1 atom stereocenters. The maximum atomic E-state index is 13.7. The van der Waals surface area contributed by atoms with Crippen LogP contribution in [0.2, 0.25) is 0 Å². The number of hydrogen-bond donors (Lipinski definition) is 2. The van der Waals surface area contributed by atoms with Crippen molar-refractivity contribution < 1.29 is 28.0 Å². The van der Waals surface area contributed by atoms with Crippen LogP contribution in [0.3, 0.4) is 0 Å². The molecule has 2 aliphatic heterocycles. The van der Waals surface area contributed by atoms with E-state index >= 15 is 0 Å². The Morgan fingerprint density at radius 1 is 1.23 bits per heavy atom. The van der Waals surface area contributed by atoms with Gasteiger partial charge in [0.05, 0.1) is 24.8 Å². The van der Waals surface area contributed by atoms with Crippen LogP contribution in [-0.4, -0.2) is 100 Å². The molecule has 0 spiro atoms. The Hall–Kier alpha value is -3.53. The van der Waals surface area contributed by atoms with Crippen molar-refractivity contribution >= 4 is 50.0 Å². The minimum atomic E-state index is -4.04. The standard InChI is InChI=1S/C25H31N7O6S2/c1-3-38-22(33)11-19-14-30(8-9-32(19)25(34)24-27-20-6-7-29(2)15-21(20)39-24)40(36,37)31-12-17-5-4-16(23(26)28-35)10-18(17)13-31/h4-5,10,12-13,19,35H,3,6-9,11,14-15H2,1-2H3,(H2,26,28).